The first-order chi connectivity index (χ1) is 3.77. The molecule has 0 spiro atoms. The Balaban J connectivity index is 3.03. The Kier molecular flexibility index (Phi) is 4.67. The molecule has 0 amide bonds. The van der Waals surface area contributed by atoms with Crippen LogP contribution in [-0.2, 0) is 4.74 Å². The van der Waals surface area contributed by atoms with Crippen LogP contribution in [0.5, 0.6) is 0 Å². The molecule has 0 aliphatic rings. The summed E-state index contributed by atoms with van der Waals surface area (Å²) in [6, 6.07) is 0. The molecule has 0 N–H and O–H groups in total. The van der Waals surface area contributed by atoms with Gasteiger partial charge in [-0.25, -0.2) is 0 Å². The molecule has 0 unspecified atom stereocenters. The van der Waals surface area contributed by atoms with Crippen molar-refractivity contribution in [2.24, 2.45) is 0 Å². The number of hydrogen-bond acceptors (Lipinski definition) is 1. The van der Waals surface area contributed by atoms with Crippen LogP contribution in [0.15, 0.2) is 11.6 Å². The average Bonchev–Trinajstić information content (AvgIpc) is 1.66. The molecular formula is C7H13O. The van der Waals surface area contributed by atoms with Crippen molar-refractivity contribution >= 4 is 0 Å². The van der Waals surface area contributed by atoms with Crippen molar-refractivity contribution in [2.75, 3.05) is 13.2 Å². The number of ether oxygens (including phenoxy) is 1. The fraction of sp³-hybridized carbons (Fsp3) is 0.571. The zero-order valence-corrected chi connectivity index (χ0v) is 5.61. The lowest BCUT2D eigenvalue weighted by atomic mass is 10.3. The van der Waals surface area contributed by atoms with Crippen molar-refractivity contribution in [1.29, 1.82) is 0 Å². The lowest BCUT2D eigenvalue weighted by molar-refractivity contribution is 0.192. The quantitative estimate of drug-likeness (QED) is 0.400. The van der Waals surface area contributed by atoms with Crippen LogP contribution in [0.1, 0.15) is 13.8 Å². The minimum Gasteiger partial charge on any atom is -0.377 e. The van der Waals surface area contributed by atoms with E-state index < -0.39 is 0 Å². The zero-order chi connectivity index (χ0) is 6.41. The molecule has 0 aromatic rings. The lowest BCUT2D eigenvalue weighted by Crippen LogP contribution is -1.88. The summed E-state index contributed by atoms with van der Waals surface area (Å²) >= 11 is 0. The van der Waals surface area contributed by atoms with E-state index in [2.05, 4.69) is 6.92 Å². The van der Waals surface area contributed by atoms with E-state index in [4.69, 9.17) is 4.74 Å². The zero-order valence-electron chi connectivity index (χ0n) is 5.61. The van der Waals surface area contributed by atoms with E-state index in [1.165, 1.54) is 5.57 Å². The van der Waals surface area contributed by atoms with Gasteiger partial charge in [0.2, 0.25) is 0 Å². The van der Waals surface area contributed by atoms with Crippen molar-refractivity contribution in [2.45, 2.75) is 13.8 Å². The van der Waals surface area contributed by atoms with Gasteiger partial charge in [-0.3, -0.25) is 0 Å². The second kappa shape index (κ2) is 4.85. The number of allylic oxidation sites excluding steroid dienone is 1. The first-order valence-electron chi connectivity index (χ1n) is 2.77. The second-order valence-corrected chi connectivity index (χ2v) is 1.86. The van der Waals surface area contributed by atoms with Crippen molar-refractivity contribution < 1.29 is 4.74 Å². The number of rotatable bonds is 3. The molecule has 0 aromatic heterocycles. The Morgan fingerprint density at radius 3 is 2.62 bits per heavy atom. The van der Waals surface area contributed by atoms with Gasteiger partial charge in [-0.05, 0) is 20.8 Å². The summed E-state index contributed by atoms with van der Waals surface area (Å²) in [4.78, 5) is 0. The topological polar surface area (TPSA) is 9.23 Å². The third-order valence-corrected chi connectivity index (χ3v) is 0.754. The molecule has 0 rings (SSSR count). The van der Waals surface area contributed by atoms with E-state index in [0.717, 1.165) is 0 Å². The molecule has 0 aromatic carbocycles. The van der Waals surface area contributed by atoms with E-state index in [9.17, 15) is 0 Å². The summed E-state index contributed by atoms with van der Waals surface area (Å²) in [5, 5.41) is 0. The Bertz CT molecular complexity index is 70.5. The summed E-state index contributed by atoms with van der Waals surface area (Å²) in [6.45, 7) is 8.89. The fourth-order valence-electron chi connectivity index (χ4n) is 0.309. The van der Waals surface area contributed by atoms with Gasteiger partial charge in [-0.15, -0.1) is 0 Å². The normalized spacial score (nSPS) is 8.88. The molecule has 1 nitrogen and oxygen atoms in total. The maximum Gasteiger partial charge on any atom is 0.0649 e. The third-order valence-electron chi connectivity index (χ3n) is 0.754. The molecule has 0 saturated heterocycles. The van der Waals surface area contributed by atoms with Crippen molar-refractivity contribution in [1.82, 2.24) is 0 Å². The minimum atomic E-state index is 0.559. The van der Waals surface area contributed by atoms with Gasteiger partial charge in [0, 0.05) is 6.61 Å². The standard InChI is InChI=1S/C7H13O/c1-4-8-6-5-7(2)3/h5H,1,4,6H2,2-3H3. The van der Waals surface area contributed by atoms with Gasteiger partial charge in [0.25, 0.3) is 0 Å². The van der Waals surface area contributed by atoms with Gasteiger partial charge in [0.05, 0.1) is 6.61 Å². The smallest absolute Gasteiger partial charge is 0.0649 e. The third kappa shape index (κ3) is 5.70. The van der Waals surface area contributed by atoms with Gasteiger partial charge >= 0.3 is 0 Å². The number of hydrogen-bond donors (Lipinski definition) is 0. The highest BCUT2D eigenvalue weighted by Gasteiger charge is 1.76. The molecule has 0 heterocycles. The molecule has 8 heavy (non-hydrogen) atoms. The summed E-state index contributed by atoms with van der Waals surface area (Å²) in [6.07, 6.45) is 2.03. The van der Waals surface area contributed by atoms with Crippen LogP contribution in [-0.4, -0.2) is 13.2 Å². The van der Waals surface area contributed by atoms with Crippen LogP contribution in [0.2, 0.25) is 0 Å². The molecule has 1 radical (unpaired) electrons. The Hall–Kier alpha value is -0.300. The molecule has 0 bridgehead atoms. The molecule has 0 atom stereocenters. The molecule has 47 valence electrons. The van der Waals surface area contributed by atoms with Crippen LogP contribution in [0.3, 0.4) is 0 Å². The van der Waals surface area contributed by atoms with Crippen LogP contribution in [0.4, 0.5) is 0 Å². The molecular weight excluding hydrogens is 100 g/mol. The largest absolute Gasteiger partial charge is 0.377 e. The van der Waals surface area contributed by atoms with E-state index in [1.54, 1.807) is 0 Å². The lowest BCUT2D eigenvalue weighted by Gasteiger charge is -1.92. The summed E-state index contributed by atoms with van der Waals surface area (Å²) in [5.41, 5.74) is 1.29. The van der Waals surface area contributed by atoms with Crippen LogP contribution >= 0.6 is 0 Å². The minimum absolute atomic E-state index is 0.559. The molecule has 0 aliphatic carbocycles. The second-order valence-electron chi connectivity index (χ2n) is 1.86. The van der Waals surface area contributed by atoms with E-state index in [-0.39, 0.29) is 0 Å². The Morgan fingerprint density at radius 1 is 1.62 bits per heavy atom. The highest BCUT2D eigenvalue weighted by molar-refractivity contribution is 4.92. The van der Waals surface area contributed by atoms with Gasteiger partial charge in [-0.1, -0.05) is 11.6 Å². The summed E-state index contributed by atoms with van der Waals surface area (Å²) < 4.78 is 4.96. The molecule has 1 heteroatoms. The van der Waals surface area contributed by atoms with Crippen molar-refractivity contribution in [3.8, 4) is 0 Å². The van der Waals surface area contributed by atoms with Crippen LogP contribution < -0.4 is 0 Å². The molecule has 0 aliphatic heterocycles. The fourth-order valence-corrected chi connectivity index (χ4v) is 0.309. The Morgan fingerprint density at radius 2 is 2.25 bits per heavy atom. The van der Waals surface area contributed by atoms with Gasteiger partial charge in [0.15, 0.2) is 0 Å². The van der Waals surface area contributed by atoms with Gasteiger partial charge in [0.1, 0.15) is 0 Å². The highest BCUT2D eigenvalue weighted by atomic mass is 16.5. The van der Waals surface area contributed by atoms with E-state index in [0.29, 0.717) is 13.2 Å². The Labute approximate surface area is 51.4 Å². The van der Waals surface area contributed by atoms with E-state index >= 15 is 0 Å². The first kappa shape index (κ1) is 7.70. The maximum atomic E-state index is 4.96. The predicted octanol–water partition coefficient (Wildman–Crippen LogP) is 1.80. The highest BCUT2D eigenvalue weighted by Crippen LogP contribution is 1.87. The van der Waals surface area contributed by atoms with Gasteiger partial charge < -0.3 is 4.74 Å². The molecule has 0 fully saturated rings. The van der Waals surface area contributed by atoms with Crippen LogP contribution in [0, 0.1) is 6.92 Å². The van der Waals surface area contributed by atoms with Crippen LogP contribution in [0.25, 0.3) is 0 Å². The monoisotopic (exact) mass is 113 g/mol. The van der Waals surface area contributed by atoms with E-state index in [1.807, 2.05) is 19.9 Å². The maximum absolute atomic E-state index is 4.96. The summed E-state index contributed by atoms with van der Waals surface area (Å²) in [7, 11) is 0. The van der Waals surface area contributed by atoms with Crippen molar-refractivity contribution in [3.63, 3.8) is 0 Å². The first-order valence-corrected chi connectivity index (χ1v) is 2.77. The predicted molar refractivity (Wildman–Crippen MR) is 35.6 cm³/mol. The van der Waals surface area contributed by atoms with Crippen molar-refractivity contribution in [3.05, 3.63) is 18.6 Å². The summed E-state index contributed by atoms with van der Waals surface area (Å²) in [5.74, 6) is 0. The van der Waals surface area contributed by atoms with Gasteiger partial charge in [-0.2, -0.15) is 0 Å². The SMILES string of the molecule is [CH2]COCC=C(C)C. The molecule has 0 saturated carbocycles. The average molecular weight is 113 g/mol.